The van der Waals surface area contributed by atoms with Crippen molar-refractivity contribution >= 4 is 16.9 Å². The fourth-order valence-corrected chi connectivity index (χ4v) is 5.65. The average Bonchev–Trinajstić information content (AvgIpc) is 3.55. The lowest BCUT2D eigenvalue weighted by Crippen LogP contribution is -2.27. The van der Waals surface area contributed by atoms with Crippen LogP contribution in [0.3, 0.4) is 0 Å². The van der Waals surface area contributed by atoms with Gasteiger partial charge in [0.25, 0.3) is 0 Å². The van der Waals surface area contributed by atoms with E-state index in [1.807, 2.05) is 10.6 Å². The van der Waals surface area contributed by atoms with Crippen LogP contribution >= 0.6 is 0 Å². The molecule has 32 heavy (non-hydrogen) atoms. The van der Waals surface area contributed by atoms with Crippen molar-refractivity contribution in [1.29, 1.82) is 0 Å². The number of aromatic amines is 1. The number of rotatable bonds is 5. The molecule has 168 valence electrons. The Bertz CT molecular complexity index is 1270. The summed E-state index contributed by atoms with van der Waals surface area (Å²) in [6.07, 6.45) is 5.14. The summed E-state index contributed by atoms with van der Waals surface area (Å²) >= 11 is 0. The lowest BCUT2D eigenvalue weighted by atomic mass is 9.87. The fourth-order valence-electron chi connectivity index (χ4n) is 5.65. The molecule has 1 aliphatic heterocycles. The van der Waals surface area contributed by atoms with Crippen molar-refractivity contribution in [2.24, 2.45) is 5.92 Å². The van der Waals surface area contributed by atoms with Crippen LogP contribution in [0.25, 0.3) is 10.9 Å². The summed E-state index contributed by atoms with van der Waals surface area (Å²) in [5.74, 6) is 0.117. The molecule has 8 heteroatoms. The number of carbonyl (C=O) groups is 1. The molecule has 2 aromatic heterocycles. The Morgan fingerprint density at radius 2 is 2.12 bits per heavy atom. The Morgan fingerprint density at radius 3 is 2.78 bits per heavy atom. The first kappa shape index (κ1) is 19.8. The van der Waals surface area contributed by atoms with Crippen LogP contribution < -0.4 is 5.76 Å². The third kappa shape index (κ3) is 2.88. The smallest absolute Gasteiger partial charge is 0.438 e. The standard InChI is InChI=1S/C24H27N3O5/c1-3-30-20(28)19-11-17-10-15(16-6-9-31-23(13-16)7-8-23)4-5-18(17)27(19)24(12-14(24)2)21-25-22(29)32-26-21/h4-5,10-11,14,16H,3,6-9,12-13H2,1-2H3,(H,25,26,29)/t14-,16-,24+/m1/s1. The van der Waals surface area contributed by atoms with Crippen molar-refractivity contribution in [3.63, 3.8) is 0 Å². The van der Waals surface area contributed by atoms with Gasteiger partial charge in [-0.15, -0.1) is 0 Å². The molecule has 3 fully saturated rings. The highest BCUT2D eigenvalue weighted by molar-refractivity contribution is 5.96. The number of hydrogen-bond acceptors (Lipinski definition) is 6. The van der Waals surface area contributed by atoms with Gasteiger partial charge in [0, 0.05) is 17.5 Å². The second kappa shape index (κ2) is 6.81. The summed E-state index contributed by atoms with van der Waals surface area (Å²) in [6, 6.07) is 8.38. The number of aromatic nitrogens is 3. The topological polar surface area (TPSA) is 99.3 Å². The van der Waals surface area contributed by atoms with Crippen molar-refractivity contribution in [2.45, 2.75) is 63.0 Å². The second-order valence-electron chi connectivity index (χ2n) is 9.60. The number of nitrogens with one attached hydrogen (secondary N) is 1. The third-order valence-corrected chi connectivity index (χ3v) is 7.60. The van der Waals surface area contributed by atoms with Gasteiger partial charge >= 0.3 is 11.7 Å². The van der Waals surface area contributed by atoms with Gasteiger partial charge in [-0.1, -0.05) is 18.1 Å². The molecule has 1 spiro atoms. The molecule has 0 radical (unpaired) electrons. The van der Waals surface area contributed by atoms with Gasteiger partial charge in [0.15, 0.2) is 5.82 Å². The number of H-pyrrole nitrogens is 1. The number of hydrogen-bond donors (Lipinski definition) is 1. The van der Waals surface area contributed by atoms with Crippen LogP contribution in [-0.2, 0) is 15.0 Å². The van der Waals surface area contributed by atoms with E-state index in [0.717, 1.165) is 49.6 Å². The van der Waals surface area contributed by atoms with E-state index in [1.165, 1.54) is 5.56 Å². The minimum atomic E-state index is -0.631. The zero-order chi connectivity index (χ0) is 22.1. The minimum absolute atomic E-state index is 0.103. The van der Waals surface area contributed by atoms with Crippen LogP contribution in [0, 0.1) is 5.92 Å². The lowest BCUT2D eigenvalue weighted by molar-refractivity contribution is -0.0132. The van der Waals surface area contributed by atoms with Gasteiger partial charge in [-0.2, -0.15) is 0 Å². The summed E-state index contributed by atoms with van der Waals surface area (Å²) in [6.45, 7) is 4.97. The molecular formula is C24H27N3O5. The molecular weight excluding hydrogens is 410 g/mol. The van der Waals surface area contributed by atoms with Gasteiger partial charge < -0.3 is 14.0 Å². The summed E-state index contributed by atoms with van der Waals surface area (Å²) in [5, 5.41) is 4.99. The first-order valence-electron chi connectivity index (χ1n) is 11.5. The molecule has 3 heterocycles. The third-order valence-electron chi connectivity index (χ3n) is 7.60. The molecule has 6 rings (SSSR count). The van der Waals surface area contributed by atoms with E-state index < -0.39 is 11.3 Å². The van der Waals surface area contributed by atoms with Crippen molar-refractivity contribution in [3.05, 3.63) is 51.9 Å². The molecule has 8 nitrogen and oxygen atoms in total. The molecule has 3 aliphatic rings. The van der Waals surface area contributed by atoms with E-state index in [1.54, 1.807) is 6.92 Å². The lowest BCUT2D eigenvalue weighted by Gasteiger charge is -2.30. The van der Waals surface area contributed by atoms with E-state index in [2.05, 4.69) is 35.3 Å². The summed E-state index contributed by atoms with van der Waals surface area (Å²) in [4.78, 5) is 27.4. The maximum atomic E-state index is 13.0. The quantitative estimate of drug-likeness (QED) is 0.611. The Kier molecular flexibility index (Phi) is 4.21. The highest BCUT2D eigenvalue weighted by Crippen LogP contribution is 2.56. The molecule has 2 aliphatic carbocycles. The number of ether oxygens (including phenoxy) is 2. The molecule has 0 bridgehead atoms. The van der Waals surface area contributed by atoms with Gasteiger partial charge in [-0.3, -0.25) is 9.51 Å². The molecule has 2 saturated carbocycles. The molecule has 1 saturated heterocycles. The van der Waals surface area contributed by atoms with Crippen molar-refractivity contribution in [2.75, 3.05) is 13.2 Å². The second-order valence-corrected chi connectivity index (χ2v) is 9.60. The van der Waals surface area contributed by atoms with Gasteiger partial charge in [0.2, 0.25) is 0 Å². The molecule has 3 aromatic rings. The van der Waals surface area contributed by atoms with Crippen LogP contribution in [0.2, 0.25) is 0 Å². The Morgan fingerprint density at radius 1 is 1.31 bits per heavy atom. The predicted octanol–water partition coefficient (Wildman–Crippen LogP) is 3.70. The summed E-state index contributed by atoms with van der Waals surface area (Å²) in [5.41, 5.74) is 2.16. The first-order chi connectivity index (χ1) is 15.5. The first-order valence-corrected chi connectivity index (χ1v) is 11.5. The Labute approximate surface area is 184 Å². The van der Waals surface area contributed by atoms with Crippen molar-refractivity contribution in [1.82, 2.24) is 14.7 Å². The largest absolute Gasteiger partial charge is 0.461 e. The molecule has 3 atom stereocenters. The van der Waals surface area contributed by atoms with Crippen LogP contribution in [-0.4, -0.2) is 39.5 Å². The van der Waals surface area contributed by atoms with Crippen LogP contribution in [0.5, 0.6) is 0 Å². The van der Waals surface area contributed by atoms with E-state index in [0.29, 0.717) is 24.0 Å². The molecule has 1 N–H and O–H groups in total. The van der Waals surface area contributed by atoms with Gasteiger partial charge in [0.1, 0.15) is 11.2 Å². The number of esters is 1. The van der Waals surface area contributed by atoms with Crippen LogP contribution in [0.4, 0.5) is 0 Å². The SMILES string of the molecule is CCOC(=O)c1cc2cc([C@@H]3CCOC4(CC4)C3)ccc2n1[C@@]1(c2noc(=O)[nH]2)C[C@H]1C. The van der Waals surface area contributed by atoms with E-state index in [-0.39, 0.29) is 17.5 Å². The monoisotopic (exact) mass is 437 g/mol. The highest BCUT2D eigenvalue weighted by Gasteiger charge is 2.59. The van der Waals surface area contributed by atoms with Crippen LogP contribution in [0.1, 0.15) is 73.7 Å². The predicted molar refractivity (Wildman–Crippen MR) is 116 cm³/mol. The van der Waals surface area contributed by atoms with Crippen molar-refractivity contribution < 1.29 is 18.8 Å². The normalized spacial score (nSPS) is 28.2. The van der Waals surface area contributed by atoms with E-state index >= 15 is 0 Å². The number of nitrogens with zero attached hydrogens (tertiary/aromatic N) is 2. The zero-order valence-corrected chi connectivity index (χ0v) is 18.3. The molecule has 0 unspecified atom stereocenters. The highest BCUT2D eigenvalue weighted by atomic mass is 16.5. The number of benzene rings is 1. The van der Waals surface area contributed by atoms with Crippen molar-refractivity contribution in [3.8, 4) is 0 Å². The van der Waals surface area contributed by atoms with Gasteiger partial charge in [-0.25, -0.2) is 9.59 Å². The van der Waals surface area contributed by atoms with Gasteiger partial charge in [0.05, 0.1) is 12.2 Å². The van der Waals surface area contributed by atoms with E-state index in [4.69, 9.17) is 14.0 Å². The van der Waals surface area contributed by atoms with Gasteiger partial charge in [-0.05, 0) is 74.6 Å². The van der Waals surface area contributed by atoms with Crippen LogP contribution in [0.15, 0.2) is 33.6 Å². The fraction of sp³-hybridized carbons (Fsp3) is 0.542. The minimum Gasteiger partial charge on any atom is -0.461 e. The summed E-state index contributed by atoms with van der Waals surface area (Å²) in [7, 11) is 0. The average molecular weight is 437 g/mol. The number of fused-ring (bicyclic) bond motifs is 1. The molecule has 0 amide bonds. The zero-order valence-electron chi connectivity index (χ0n) is 18.3. The summed E-state index contributed by atoms with van der Waals surface area (Å²) < 4.78 is 18.2. The number of carbonyl (C=O) groups excluding carboxylic acids is 1. The Hall–Kier alpha value is -2.87. The maximum absolute atomic E-state index is 13.0. The molecule has 1 aromatic carbocycles. The maximum Gasteiger partial charge on any atom is 0.438 e. The Balaban J connectivity index is 1.48. The van der Waals surface area contributed by atoms with E-state index in [9.17, 15) is 9.59 Å².